The zero-order valence-corrected chi connectivity index (χ0v) is 12.4. The van der Waals surface area contributed by atoms with E-state index in [1.165, 1.54) is 7.11 Å². The Kier molecular flexibility index (Phi) is 4.58. The van der Waals surface area contributed by atoms with Crippen LogP contribution in [0.25, 0.3) is 0 Å². The van der Waals surface area contributed by atoms with Gasteiger partial charge in [0.2, 0.25) is 0 Å². The minimum absolute atomic E-state index is 0.114. The maximum atomic E-state index is 12.5. The number of benzene rings is 1. The SMILES string of the molecule is COC(=O)[C@@H]1CCCCN1C(=O)c1cccc(Br)c1. The van der Waals surface area contributed by atoms with Crippen molar-refractivity contribution in [2.45, 2.75) is 25.3 Å². The van der Waals surface area contributed by atoms with Gasteiger partial charge in [0.05, 0.1) is 7.11 Å². The number of nitrogens with zero attached hydrogens (tertiary/aromatic N) is 1. The Labute approximate surface area is 120 Å². The van der Waals surface area contributed by atoms with Crippen LogP contribution in [0, 0.1) is 0 Å². The fourth-order valence-electron chi connectivity index (χ4n) is 2.34. The van der Waals surface area contributed by atoms with E-state index in [1.54, 1.807) is 17.0 Å². The van der Waals surface area contributed by atoms with E-state index in [9.17, 15) is 9.59 Å². The molecule has 1 heterocycles. The van der Waals surface area contributed by atoms with Crippen LogP contribution >= 0.6 is 15.9 Å². The monoisotopic (exact) mass is 325 g/mol. The molecule has 102 valence electrons. The van der Waals surface area contributed by atoms with Crippen molar-refractivity contribution in [2.75, 3.05) is 13.7 Å². The van der Waals surface area contributed by atoms with Gasteiger partial charge in [0.25, 0.3) is 5.91 Å². The number of piperidine rings is 1. The Hall–Kier alpha value is -1.36. The van der Waals surface area contributed by atoms with Crippen LogP contribution in [0.4, 0.5) is 0 Å². The van der Waals surface area contributed by atoms with Crippen molar-refractivity contribution in [1.82, 2.24) is 4.90 Å². The number of amides is 1. The Morgan fingerprint density at radius 3 is 2.84 bits per heavy atom. The summed E-state index contributed by atoms with van der Waals surface area (Å²) in [5.74, 6) is -0.445. The smallest absolute Gasteiger partial charge is 0.328 e. The van der Waals surface area contributed by atoms with Crippen molar-refractivity contribution in [3.05, 3.63) is 34.3 Å². The van der Waals surface area contributed by atoms with Crippen LogP contribution in [0.2, 0.25) is 0 Å². The fraction of sp³-hybridized carbons (Fsp3) is 0.429. The summed E-state index contributed by atoms with van der Waals surface area (Å²) in [5, 5.41) is 0. The van der Waals surface area contributed by atoms with Crippen molar-refractivity contribution < 1.29 is 14.3 Å². The van der Waals surface area contributed by atoms with Gasteiger partial charge in [-0.2, -0.15) is 0 Å². The standard InChI is InChI=1S/C14H16BrNO3/c1-19-14(18)12-7-2-3-8-16(12)13(17)10-5-4-6-11(15)9-10/h4-6,9,12H,2-3,7-8H2,1H3/t12-/m0/s1. The van der Waals surface area contributed by atoms with E-state index in [0.717, 1.165) is 17.3 Å². The molecular formula is C14H16BrNO3. The van der Waals surface area contributed by atoms with E-state index in [2.05, 4.69) is 15.9 Å². The Morgan fingerprint density at radius 1 is 1.37 bits per heavy atom. The van der Waals surface area contributed by atoms with Crippen molar-refractivity contribution in [3.63, 3.8) is 0 Å². The highest BCUT2D eigenvalue weighted by Crippen LogP contribution is 2.22. The molecule has 1 aliphatic rings. The molecule has 0 spiro atoms. The molecule has 1 saturated heterocycles. The van der Waals surface area contributed by atoms with Gasteiger partial charge in [-0.3, -0.25) is 4.79 Å². The molecule has 1 amide bonds. The number of methoxy groups -OCH3 is 1. The maximum Gasteiger partial charge on any atom is 0.328 e. The molecule has 4 nitrogen and oxygen atoms in total. The molecule has 1 aromatic carbocycles. The van der Waals surface area contributed by atoms with Crippen LogP contribution in [0.1, 0.15) is 29.6 Å². The molecule has 1 atom stereocenters. The van der Waals surface area contributed by atoms with Crippen LogP contribution in [0.15, 0.2) is 28.7 Å². The van der Waals surface area contributed by atoms with Gasteiger partial charge in [-0.25, -0.2) is 4.79 Å². The third kappa shape index (κ3) is 3.15. The molecule has 0 radical (unpaired) electrons. The van der Waals surface area contributed by atoms with Gasteiger partial charge in [-0.05, 0) is 37.5 Å². The lowest BCUT2D eigenvalue weighted by molar-refractivity contribution is -0.147. The molecular weight excluding hydrogens is 310 g/mol. The zero-order chi connectivity index (χ0) is 13.8. The summed E-state index contributed by atoms with van der Waals surface area (Å²) in [6.45, 7) is 0.602. The van der Waals surface area contributed by atoms with E-state index >= 15 is 0 Å². The highest BCUT2D eigenvalue weighted by Gasteiger charge is 2.33. The molecule has 0 aliphatic carbocycles. The number of hydrogen-bond acceptors (Lipinski definition) is 3. The first-order valence-electron chi connectivity index (χ1n) is 6.28. The average molecular weight is 326 g/mol. The Bertz CT molecular complexity index is 489. The number of carbonyl (C=O) groups is 2. The summed E-state index contributed by atoms with van der Waals surface area (Å²) < 4.78 is 5.64. The van der Waals surface area contributed by atoms with Gasteiger partial charge >= 0.3 is 5.97 Å². The van der Waals surface area contributed by atoms with Crippen LogP contribution in [0.3, 0.4) is 0 Å². The van der Waals surface area contributed by atoms with E-state index in [1.807, 2.05) is 12.1 Å². The van der Waals surface area contributed by atoms with E-state index in [4.69, 9.17) is 4.74 Å². The molecule has 0 N–H and O–H groups in total. The third-order valence-corrected chi connectivity index (χ3v) is 3.80. The molecule has 1 aromatic rings. The van der Waals surface area contributed by atoms with Gasteiger partial charge < -0.3 is 9.64 Å². The van der Waals surface area contributed by atoms with Gasteiger partial charge in [0, 0.05) is 16.6 Å². The van der Waals surface area contributed by atoms with Crippen LogP contribution in [-0.2, 0) is 9.53 Å². The predicted octanol–water partition coefficient (Wildman–Crippen LogP) is 2.62. The minimum Gasteiger partial charge on any atom is -0.467 e. The molecule has 2 rings (SSSR count). The zero-order valence-electron chi connectivity index (χ0n) is 10.8. The van der Waals surface area contributed by atoms with Gasteiger partial charge in [0.15, 0.2) is 0 Å². The van der Waals surface area contributed by atoms with Crippen molar-refractivity contribution in [3.8, 4) is 0 Å². The number of esters is 1. The topological polar surface area (TPSA) is 46.6 Å². The van der Waals surface area contributed by atoms with Crippen molar-refractivity contribution in [2.24, 2.45) is 0 Å². The molecule has 19 heavy (non-hydrogen) atoms. The summed E-state index contributed by atoms with van der Waals surface area (Å²) in [5.41, 5.74) is 0.588. The summed E-state index contributed by atoms with van der Waals surface area (Å²) >= 11 is 3.35. The second-order valence-corrected chi connectivity index (χ2v) is 5.46. The summed E-state index contributed by atoms with van der Waals surface area (Å²) in [6, 6.07) is 6.76. The second kappa shape index (κ2) is 6.19. The van der Waals surface area contributed by atoms with Crippen LogP contribution in [0.5, 0.6) is 0 Å². The lowest BCUT2D eigenvalue weighted by Gasteiger charge is -2.33. The number of likely N-dealkylation sites (tertiary alicyclic amines) is 1. The first kappa shape index (κ1) is 14.1. The largest absolute Gasteiger partial charge is 0.467 e. The highest BCUT2D eigenvalue weighted by atomic mass is 79.9. The quantitative estimate of drug-likeness (QED) is 0.785. The summed E-state index contributed by atoms with van der Waals surface area (Å²) in [6.07, 6.45) is 2.54. The normalized spacial score (nSPS) is 19.1. The molecule has 0 saturated carbocycles. The summed E-state index contributed by atoms with van der Waals surface area (Å²) in [4.78, 5) is 25.9. The number of halogens is 1. The van der Waals surface area contributed by atoms with E-state index < -0.39 is 6.04 Å². The van der Waals surface area contributed by atoms with Gasteiger partial charge in [-0.15, -0.1) is 0 Å². The Balaban J connectivity index is 2.22. The number of hydrogen-bond donors (Lipinski definition) is 0. The maximum absolute atomic E-state index is 12.5. The first-order chi connectivity index (χ1) is 9.13. The fourth-order valence-corrected chi connectivity index (χ4v) is 2.74. The number of carbonyl (C=O) groups excluding carboxylic acids is 2. The third-order valence-electron chi connectivity index (χ3n) is 3.31. The predicted molar refractivity (Wildman–Crippen MR) is 74.8 cm³/mol. The lowest BCUT2D eigenvalue weighted by Crippen LogP contribution is -2.48. The summed E-state index contributed by atoms with van der Waals surface area (Å²) in [7, 11) is 1.36. The van der Waals surface area contributed by atoms with Crippen molar-refractivity contribution >= 4 is 27.8 Å². The van der Waals surface area contributed by atoms with Gasteiger partial charge in [0.1, 0.15) is 6.04 Å². The lowest BCUT2D eigenvalue weighted by atomic mass is 10.0. The first-order valence-corrected chi connectivity index (χ1v) is 7.07. The number of rotatable bonds is 2. The van der Waals surface area contributed by atoms with E-state index in [0.29, 0.717) is 18.5 Å². The highest BCUT2D eigenvalue weighted by molar-refractivity contribution is 9.10. The molecule has 1 aliphatic heterocycles. The number of ether oxygens (including phenoxy) is 1. The van der Waals surface area contributed by atoms with Crippen molar-refractivity contribution in [1.29, 1.82) is 0 Å². The molecule has 1 fully saturated rings. The second-order valence-electron chi connectivity index (χ2n) is 4.54. The molecule has 0 unspecified atom stereocenters. The van der Waals surface area contributed by atoms with Crippen LogP contribution in [-0.4, -0.2) is 36.5 Å². The molecule has 0 bridgehead atoms. The minimum atomic E-state index is -0.453. The average Bonchev–Trinajstić information content (AvgIpc) is 2.45. The Morgan fingerprint density at radius 2 is 2.16 bits per heavy atom. The molecule has 5 heteroatoms. The van der Waals surface area contributed by atoms with Gasteiger partial charge in [-0.1, -0.05) is 22.0 Å². The van der Waals surface area contributed by atoms with Crippen LogP contribution < -0.4 is 0 Å². The molecule has 0 aromatic heterocycles. The van der Waals surface area contributed by atoms with E-state index in [-0.39, 0.29) is 11.9 Å².